The predicted molar refractivity (Wildman–Crippen MR) is 70.9 cm³/mol. The van der Waals surface area contributed by atoms with E-state index in [0.717, 1.165) is 0 Å². The van der Waals surface area contributed by atoms with Crippen molar-refractivity contribution in [1.82, 2.24) is 9.78 Å². The summed E-state index contributed by atoms with van der Waals surface area (Å²) in [4.78, 5) is 0.371. The van der Waals surface area contributed by atoms with Gasteiger partial charge in [0.05, 0.1) is 16.8 Å². The molecule has 5 nitrogen and oxygen atoms in total. The molecule has 1 heterocycles. The number of aromatic nitrogens is 2. The number of aromatic hydroxyl groups is 1. The zero-order valence-electron chi connectivity index (χ0n) is 11.0. The fourth-order valence-electron chi connectivity index (χ4n) is 2.04. The zero-order valence-corrected chi connectivity index (χ0v) is 11.8. The summed E-state index contributed by atoms with van der Waals surface area (Å²) in [7, 11) is -1.88. The SMILES string of the molecule is CC(C)c1c(S(=O)(=O)c2ccc(O)cc2)cnn1C. The standard InChI is InChI=1S/C13H16N2O3S/c1-9(2)13-12(8-14-15(13)3)19(17,18)11-6-4-10(16)5-7-11/h4-9,16H,1-3H3. The summed E-state index contributed by atoms with van der Waals surface area (Å²) in [5.41, 5.74) is 0.674. The van der Waals surface area contributed by atoms with Gasteiger partial charge in [0.2, 0.25) is 9.84 Å². The van der Waals surface area contributed by atoms with Crippen molar-refractivity contribution in [3.8, 4) is 5.75 Å². The quantitative estimate of drug-likeness (QED) is 0.934. The average Bonchev–Trinajstić information content (AvgIpc) is 2.72. The minimum absolute atomic E-state index is 0.0363. The Hall–Kier alpha value is -1.82. The number of hydrogen-bond donors (Lipinski definition) is 1. The fraction of sp³-hybridized carbons (Fsp3) is 0.308. The van der Waals surface area contributed by atoms with Crippen LogP contribution in [0.3, 0.4) is 0 Å². The van der Waals surface area contributed by atoms with E-state index in [1.807, 2.05) is 13.8 Å². The van der Waals surface area contributed by atoms with Gasteiger partial charge in [-0.2, -0.15) is 5.10 Å². The molecule has 0 radical (unpaired) electrons. The van der Waals surface area contributed by atoms with E-state index < -0.39 is 9.84 Å². The van der Waals surface area contributed by atoms with Crippen LogP contribution in [0.15, 0.2) is 40.3 Å². The summed E-state index contributed by atoms with van der Waals surface area (Å²) in [6.45, 7) is 3.85. The van der Waals surface area contributed by atoms with Crippen LogP contribution in [0.4, 0.5) is 0 Å². The lowest BCUT2D eigenvalue weighted by Gasteiger charge is -2.10. The number of phenolic OH excluding ortho intramolecular Hbond substituents is 1. The number of rotatable bonds is 3. The predicted octanol–water partition coefficient (Wildman–Crippen LogP) is 2.08. The van der Waals surface area contributed by atoms with Crippen LogP contribution in [0.2, 0.25) is 0 Å². The third-order valence-corrected chi connectivity index (χ3v) is 4.72. The maximum atomic E-state index is 12.5. The molecule has 0 saturated carbocycles. The molecule has 0 bridgehead atoms. The van der Waals surface area contributed by atoms with E-state index in [9.17, 15) is 13.5 Å². The van der Waals surface area contributed by atoms with Gasteiger partial charge in [0.1, 0.15) is 10.6 Å². The smallest absolute Gasteiger partial charge is 0.209 e. The topological polar surface area (TPSA) is 72.2 Å². The molecule has 1 aromatic heterocycles. The first-order valence-corrected chi connectivity index (χ1v) is 7.38. The molecular weight excluding hydrogens is 264 g/mol. The molecule has 2 rings (SSSR count). The van der Waals surface area contributed by atoms with E-state index in [-0.39, 0.29) is 21.5 Å². The summed E-state index contributed by atoms with van der Waals surface area (Å²) in [5, 5.41) is 13.3. The summed E-state index contributed by atoms with van der Waals surface area (Å²) in [6, 6.07) is 5.50. The summed E-state index contributed by atoms with van der Waals surface area (Å²) >= 11 is 0. The van der Waals surface area contributed by atoms with Gasteiger partial charge >= 0.3 is 0 Å². The normalized spacial score (nSPS) is 12.0. The van der Waals surface area contributed by atoms with Crippen LogP contribution in [-0.4, -0.2) is 23.3 Å². The van der Waals surface area contributed by atoms with Gasteiger partial charge in [-0.1, -0.05) is 13.8 Å². The van der Waals surface area contributed by atoms with Gasteiger partial charge in [0, 0.05) is 7.05 Å². The van der Waals surface area contributed by atoms with E-state index in [1.54, 1.807) is 11.7 Å². The van der Waals surface area contributed by atoms with Crippen molar-refractivity contribution in [2.45, 2.75) is 29.6 Å². The molecule has 6 heteroatoms. The van der Waals surface area contributed by atoms with E-state index in [2.05, 4.69) is 5.10 Å². The number of nitrogens with zero attached hydrogens (tertiary/aromatic N) is 2. The lowest BCUT2D eigenvalue weighted by atomic mass is 10.1. The van der Waals surface area contributed by atoms with Crippen LogP contribution < -0.4 is 0 Å². The Labute approximate surface area is 112 Å². The van der Waals surface area contributed by atoms with Crippen molar-refractivity contribution in [3.63, 3.8) is 0 Å². The molecule has 0 atom stereocenters. The first-order valence-electron chi connectivity index (χ1n) is 5.90. The van der Waals surface area contributed by atoms with Gasteiger partial charge in [-0.25, -0.2) is 8.42 Å². The Bertz CT molecular complexity index is 685. The molecule has 0 fully saturated rings. The van der Waals surface area contributed by atoms with Gasteiger partial charge in [0.15, 0.2) is 0 Å². The highest BCUT2D eigenvalue weighted by Crippen LogP contribution is 2.28. The first kappa shape index (κ1) is 13.6. The number of phenols is 1. The highest BCUT2D eigenvalue weighted by molar-refractivity contribution is 7.91. The molecule has 0 aliphatic heterocycles. The maximum Gasteiger partial charge on any atom is 0.209 e. The molecule has 2 aromatic rings. The molecule has 0 spiro atoms. The third kappa shape index (κ3) is 2.35. The minimum Gasteiger partial charge on any atom is -0.508 e. The van der Waals surface area contributed by atoms with Crippen LogP contribution in [0.25, 0.3) is 0 Å². The van der Waals surface area contributed by atoms with Crippen LogP contribution in [0, 0.1) is 0 Å². The van der Waals surface area contributed by atoms with Crippen molar-refractivity contribution in [3.05, 3.63) is 36.2 Å². The van der Waals surface area contributed by atoms with Crippen molar-refractivity contribution in [2.75, 3.05) is 0 Å². The molecular formula is C13H16N2O3S. The largest absolute Gasteiger partial charge is 0.508 e. The lowest BCUT2D eigenvalue weighted by molar-refractivity contribution is 0.475. The maximum absolute atomic E-state index is 12.5. The minimum atomic E-state index is -3.61. The van der Waals surface area contributed by atoms with E-state index in [0.29, 0.717) is 5.69 Å². The second kappa shape index (κ2) is 4.70. The number of aryl methyl sites for hydroxylation is 1. The Morgan fingerprint density at radius 2 is 1.79 bits per heavy atom. The molecule has 0 saturated heterocycles. The molecule has 1 aromatic carbocycles. The molecule has 0 aliphatic rings. The van der Waals surface area contributed by atoms with Crippen LogP contribution >= 0.6 is 0 Å². The Morgan fingerprint density at radius 3 is 2.32 bits per heavy atom. The van der Waals surface area contributed by atoms with Crippen molar-refractivity contribution >= 4 is 9.84 Å². The van der Waals surface area contributed by atoms with Crippen LogP contribution in [-0.2, 0) is 16.9 Å². The van der Waals surface area contributed by atoms with Crippen LogP contribution in [0.5, 0.6) is 5.75 Å². The monoisotopic (exact) mass is 280 g/mol. The van der Waals surface area contributed by atoms with Gasteiger partial charge in [-0.05, 0) is 30.2 Å². The Kier molecular flexibility index (Phi) is 3.36. The van der Waals surface area contributed by atoms with Crippen molar-refractivity contribution in [1.29, 1.82) is 0 Å². The van der Waals surface area contributed by atoms with E-state index >= 15 is 0 Å². The summed E-state index contributed by atoms with van der Waals surface area (Å²) in [5.74, 6) is 0.0867. The first-order chi connectivity index (χ1) is 8.84. The van der Waals surface area contributed by atoms with E-state index in [4.69, 9.17) is 0 Å². The summed E-state index contributed by atoms with van der Waals surface area (Å²) < 4.78 is 26.7. The molecule has 0 amide bonds. The summed E-state index contributed by atoms with van der Waals surface area (Å²) in [6.07, 6.45) is 1.37. The second-order valence-corrected chi connectivity index (χ2v) is 6.59. The Balaban J connectivity index is 2.60. The van der Waals surface area contributed by atoms with Gasteiger partial charge in [-0.15, -0.1) is 0 Å². The highest BCUT2D eigenvalue weighted by Gasteiger charge is 2.25. The number of hydrogen-bond acceptors (Lipinski definition) is 4. The molecule has 0 aliphatic carbocycles. The Morgan fingerprint density at radius 1 is 1.21 bits per heavy atom. The molecule has 0 unspecified atom stereocenters. The lowest BCUT2D eigenvalue weighted by Crippen LogP contribution is -2.08. The van der Waals surface area contributed by atoms with Crippen molar-refractivity contribution < 1.29 is 13.5 Å². The third-order valence-electron chi connectivity index (χ3n) is 2.93. The van der Waals surface area contributed by atoms with Crippen LogP contribution in [0.1, 0.15) is 25.5 Å². The van der Waals surface area contributed by atoms with Gasteiger partial charge in [-0.3, -0.25) is 4.68 Å². The average molecular weight is 280 g/mol. The van der Waals surface area contributed by atoms with Gasteiger partial charge < -0.3 is 5.11 Å². The highest BCUT2D eigenvalue weighted by atomic mass is 32.2. The molecule has 1 N–H and O–H groups in total. The number of sulfone groups is 1. The second-order valence-electron chi connectivity index (χ2n) is 4.67. The van der Waals surface area contributed by atoms with Gasteiger partial charge in [0.25, 0.3) is 0 Å². The van der Waals surface area contributed by atoms with E-state index in [1.165, 1.54) is 30.5 Å². The number of benzene rings is 1. The van der Waals surface area contributed by atoms with Crippen molar-refractivity contribution in [2.24, 2.45) is 7.05 Å². The zero-order chi connectivity index (χ0) is 14.2. The fourth-order valence-corrected chi connectivity index (χ4v) is 3.62. The molecule has 102 valence electrons. The molecule has 19 heavy (non-hydrogen) atoms.